The van der Waals surface area contributed by atoms with E-state index in [4.69, 9.17) is 9.05 Å². The Labute approximate surface area is 435 Å². The predicted octanol–water partition coefficient (Wildman–Crippen LogP) is 17.7. The summed E-state index contributed by atoms with van der Waals surface area (Å²) in [5.41, 5.74) is 0. The maximum absolute atomic E-state index is 12.9. The normalized spacial score (nSPS) is 14.2. The van der Waals surface area contributed by atoms with Gasteiger partial charge in [0.2, 0.25) is 5.91 Å². The van der Waals surface area contributed by atoms with Crippen molar-refractivity contribution in [1.29, 1.82) is 0 Å². The Morgan fingerprint density at radius 2 is 0.829 bits per heavy atom. The summed E-state index contributed by atoms with van der Waals surface area (Å²) in [7, 11) is 1.24. The summed E-state index contributed by atoms with van der Waals surface area (Å²) >= 11 is 0. The van der Waals surface area contributed by atoms with Crippen LogP contribution in [0.3, 0.4) is 0 Å². The number of hydrogen-bond acceptors (Lipinski definition) is 6. The first-order valence-electron chi connectivity index (χ1n) is 30.0. The lowest BCUT2D eigenvalue weighted by atomic mass is 10.0. The number of nitrogens with one attached hydrogen (secondary N) is 1. The minimum atomic E-state index is -4.60. The second kappa shape index (κ2) is 52.3. The van der Waals surface area contributed by atoms with Gasteiger partial charge in [-0.05, 0) is 64.2 Å². The van der Waals surface area contributed by atoms with E-state index in [1.807, 2.05) is 27.2 Å². The van der Waals surface area contributed by atoms with Crippen LogP contribution < -0.4 is 10.2 Å². The fourth-order valence-electron chi connectivity index (χ4n) is 8.78. The molecule has 8 nitrogen and oxygen atoms in total. The third-order valence-corrected chi connectivity index (χ3v) is 14.4. The van der Waals surface area contributed by atoms with Gasteiger partial charge in [-0.15, -0.1) is 0 Å². The van der Waals surface area contributed by atoms with Crippen molar-refractivity contribution in [3.8, 4) is 0 Å². The second-order valence-electron chi connectivity index (χ2n) is 21.7. The molecule has 0 aromatic rings. The molecule has 0 saturated heterocycles. The molecule has 0 spiro atoms. The molecule has 0 aliphatic heterocycles. The zero-order valence-corrected chi connectivity index (χ0v) is 47.9. The third-order valence-electron chi connectivity index (χ3n) is 13.5. The molecule has 70 heavy (non-hydrogen) atoms. The van der Waals surface area contributed by atoms with E-state index in [9.17, 15) is 19.4 Å². The Balaban J connectivity index is 3.89. The van der Waals surface area contributed by atoms with E-state index in [1.54, 1.807) is 6.08 Å². The van der Waals surface area contributed by atoms with Gasteiger partial charge in [0.1, 0.15) is 13.2 Å². The molecule has 0 saturated carbocycles. The van der Waals surface area contributed by atoms with E-state index in [2.05, 4.69) is 55.6 Å². The molecule has 3 atom stereocenters. The van der Waals surface area contributed by atoms with Gasteiger partial charge < -0.3 is 28.8 Å². The lowest BCUT2D eigenvalue weighted by molar-refractivity contribution is -0.870. The van der Waals surface area contributed by atoms with Gasteiger partial charge in [0, 0.05) is 6.42 Å². The van der Waals surface area contributed by atoms with E-state index in [1.165, 1.54) is 212 Å². The molecule has 9 heteroatoms. The number of rotatable bonds is 55. The number of likely N-dealkylation sites (N-methyl/N-ethyl adjacent to an activating group) is 1. The highest BCUT2D eigenvalue weighted by molar-refractivity contribution is 7.45. The lowest BCUT2D eigenvalue weighted by Crippen LogP contribution is -2.45. The van der Waals surface area contributed by atoms with Crippen molar-refractivity contribution in [2.45, 2.75) is 296 Å². The molecular weight excluding hydrogens is 888 g/mol. The maximum Gasteiger partial charge on any atom is 0.268 e. The molecule has 412 valence electrons. The number of nitrogens with zero attached hydrogens (tertiary/aromatic N) is 1. The highest BCUT2D eigenvalue weighted by Crippen LogP contribution is 2.38. The molecule has 3 unspecified atom stereocenters. The smallest absolute Gasteiger partial charge is 0.268 e. The number of aliphatic hydroxyl groups is 1. The van der Waals surface area contributed by atoms with Crippen LogP contribution in [-0.2, 0) is 18.4 Å². The van der Waals surface area contributed by atoms with Crippen molar-refractivity contribution in [3.05, 3.63) is 48.6 Å². The van der Waals surface area contributed by atoms with Gasteiger partial charge in [0.25, 0.3) is 7.82 Å². The van der Waals surface area contributed by atoms with E-state index >= 15 is 0 Å². The van der Waals surface area contributed by atoms with Crippen LogP contribution in [0, 0.1) is 0 Å². The molecule has 0 aromatic heterocycles. The summed E-state index contributed by atoms with van der Waals surface area (Å²) in [4.78, 5) is 25.4. The average Bonchev–Trinajstić information content (AvgIpc) is 3.32. The Kier molecular flexibility index (Phi) is 51.2. The number of hydrogen-bond donors (Lipinski definition) is 2. The van der Waals surface area contributed by atoms with Gasteiger partial charge in [-0.1, -0.05) is 262 Å². The lowest BCUT2D eigenvalue weighted by Gasteiger charge is -2.29. The largest absolute Gasteiger partial charge is 0.756 e. The number of carbonyl (C=O) groups excluding carboxylic acids is 1. The average molecular weight is 1010 g/mol. The summed E-state index contributed by atoms with van der Waals surface area (Å²) in [5.74, 6) is -0.211. The molecule has 2 N–H and O–H groups in total. The van der Waals surface area contributed by atoms with Crippen LogP contribution in [0.15, 0.2) is 48.6 Å². The molecule has 0 fully saturated rings. The Morgan fingerprint density at radius 1 is 0.486 bits per heavy atom. The molecule has 1 amide bonds. The van der Waals surface area contributed by atoms with Gasteiger partial charge in [-0.3, -0.25) is 9.36 Å². The quantitative estimate of drug-likeness (QED) is 0.0272. The van der Waals surface area contributed by atoms with Crippen molar-refractivity contribution in [2.24, 2.45) is 0 Å². The molecule has 0 aliphatic rings. The second-order valence-corrected chi connectivity index (χ2v) is 23.1. The molecule has 0 aromatic carbocycles. The molecule has 0 bridgehead atoms. The third kappa shape index (κ3) is 54.2. The van der Waals surface area contributed by atoms with Crippen LogP contribution in [0.5, 0.6) is 0 Å². The van der Waals surface area contributed by atoms with E-state index in [0.29, 0.717) is 17.4 Å². The fraction of sp³-hybridized carbons (Fsp3) is 0.852. The van der Waals surface area contributed by atoms with E-state index in [-0.39, 0.29) is 12.5 Å². The minimum absolute atomic E-state index is 0.00909. The minimum Gasteiger partial charge on any atom is -0.756 e. The summed E-state index contributed by atoms with van der Waals surface area (Å²) in [5, 5.41) is 13.8. The summed E-state index contributed by atoms with van der Waals surface area (Å²) < 4.78 is 23.2. The van der Waals surface area contributed by atoms with Crippen molar-refractivity contribution in [3.63, 3.8) is 0 Å². The number of quaternary nitrogens is 1. The van der Waals surface area contributed by atoms with Crippen LogP contribution >= 0.6 is 7.82 Å². The van der Waals surface area contributed by atoms with Crippen molar-refractivity contribution in [1.82, 2.24) is 5.32 Å². The monoisotopic (exact) mass is 1000 g/mol. The van der Waals surface area contributed by atoms with Crippen molar-refractivity contribution in [2.75, 3.05) is 40.9 Å². The molecular formula is C61H117N2O6P. The zero-order valence-electron chi connectivity index (χ0n) is 47.0. The Morgan fingerprint density at radius 3 is 1.21 bits per heavy atom. The number of carbonyl (C=O) groups is 1. The highest BCUT2D eigenvalue weighted by atomic mass is 31.2. The van der Waals surface area contributed by atoms with Gasteiger partial charge in [-0.2, -0.15) is 0 Å². The topological polar surface area (TPSA) is 108 Å². The van der Waals surface area contributed by atoms with Crippen LogP contribution in [0.4, 0.5) is 0 Å². The summed E-state index contributed by atoms with van der Waals surface area (Å²) in [6.07, 6.45) is 69.6. The fourth-order valence-corrected chi connectivity index (χ4v) is 9.50. The van der Waals surface area contributed by atoms with Crippen molar-refractivity contribution >= 4 is 13.7 Å². The molecule has 0 aliphatic carbocycles. The first-order chi connectivity index (χ1) is 34.0. The van der Waals surface area contributed by atoms with Gasteiger partial charge in [0.15, 0.2) is 0 Å². The number of allylic oxidation sites excluding steroid dienone is 7. The standard InChI is InChI=1S/C61H117N2O6P/c1-6-8-10-12-14-16-18-19-20-21-22-23-24-25-26-27-28-29-30-31-32-33-34-35-36-37-38-39-40-41-42-43-45-47-49-51-53-55-61(65)62-59(58-69-70(66,67)68-57-56-63(3,4)5)60(64)54-52-50-48-46-44-17-15-13-11-9-7-2/h11,13,29-30,44,46,52,54,59-60,64H,6-10,12,14-28,31-43,45,47-51,53,55-58H2,1-5H3,(H-,62,65,66,67)/b13-11+,30-29-,46-44+,54-52+. The number of phosphoric acid groups is 1. The molecule has 0 radical (unpaired) electrons. The van der Waals surface area contributed by atoms with Gasteiger partial charge >= 0.3 is 0 Å². The van der Waals surface area contributed by atoms with Crippen LogP contribution in [0.1, 0.15) is 284 Å². The van der Waals surface area contributed by atoms with Gasteiger partial charge in [-0.25, -0.2) is 0 Å². The highest BCUT2D eigenvalue weighted by Gasteiger charge is 2.23. The summed E-state index contributed by atoms with van der Waals surface area (Å²) in [6.45, 7) is 4.56. The van der Waals surface area contributed by atoms with Crippen molar-refractivity contribution < 1.29 is 32.9 Å². The number of phosphoric ester groups is 1. The predicted molar refractivity (Wildman–Crippen MR) is 302 cm³/mol. The Bertz CT molecular complexity index is 1280. The van der Waals surface area contributed by atoms with Crippen LogP contribution in [0.2, 0.25) is 0 Å². The van der Waals surface area contributed by atoms with Crippen LogP contribution in [0.25, 0.3) is 0 Å². The van der Waals surface area contributed by atoms with Crippen LogP contribution in [-0.4, -0.2) is 68.5 Å². The first kappa shape index (κ1) is 68.5. The van der Waals surface area contributed by atoms with E-state index in [0.717, 1.165) is 51.4 Å². The number of unbranched alkanes of at least 4 members (excludes halogenated alkanes) is 36. The van der Waals surface area contributed by atoms with E-state index < -0.39 is 26.6 Å². The first-order valence-corrected chi connectivity index (χ1v) is 31.5. The maximum atomic E-state index is 12.9. The zero-order chi connectivity index (χ0) is 51.3. The number of amides is 1. The number of aliphatic hydroxyl groups excluding tert-OH is 1. The molecule has 0 heterocycles. The van der Waals surface area contributed by atoms with Gasteiger partial charge in [0.05, 0.1) is 39.9 Å². The SMILES string of the molecule is CCC/C=C/CC/C=C/CC/C=C/C(O)C(COP(=O)([O-])OCC[N+](C)(C)C)NC(=O)CCCCCCCCCCCCCCCCCCC/C=C\CCCCCCCCCCCCCCCCCC. The molecule has 0 rings (SSSR count). The Hall–Kier alpha value is -1.54. The summed E-state index contributed by atoms with van der Waals surface area (Å²) in [6, 6.07) is -0.908.